The molecule has 18 heavy (non-hydrogen) atoms. The van der Waals surface area contributed by atoms with E-state index in [0.29, 0.717) is 0 Å². The first-order valence-electron chi connectivity index (χ1n) is 6.68. The Morgan fingerprint density at radius 1 is 1.11 bits per heavy atom. The molecule has 0 fully saturated rings. The average Bonchev–Trinajstić information content (AvgIpc) is 2.88. The fourth-order valence-corrected chi connectivity index (χ4v) is 1.93. The molecular weight excluding hydrogens is 222 g/mol. The summed E-state index contributed by atoms with van der Waals surface area (Å²) in [5.74, 6) is 0. The minimum Gasteiger partial charge on any atom is -0.317 e. The lowest BCUT2D eigenvalue weighted by molar-refractivity contribution is 0.542. The minimum absolute atomic E-state index is 0.976. The minimum atomic E-state index is 0.976. The third-order valence-corrected chi connectivity index (χ3v) is 2.91. The zero-order valence-electron chi connectivity index (χ0n) is 11.0. The normalized spacial score (nSPS) is 10.7. The lowest BCUT2D eigenvalue weighted by Gasteiger charge is -2.03. The monoisotopic (exact) mass is 243 g/mol. The Kier molecular flexibility index (Phi) is 4.97. The van der Waals surface area contributed by atoms with Crippen LogP contribution in [0.15, 0.2) is 42.7 Å². The predicted octanol–water partition coefficient (Wildman–Crippen LogP) is 2.94. The molecule has 0 bridgehead atoms. The van der Waals surface area contributed by atoms with Crippen molar-refractivity contribution in [2.24, 2.45) is 0 Å². The predicted molar refractivity (Wildman–Crippen MR) is 75.4 cm³/mol. The number of aryl methyl sites for hydroxylation is 1. The smallest absolute Gasteiger partial charge is 0.0568 e. The number of hydrogen-bond donors (Lipinski definition) is 1. The van der Waals surface area contributed by atoms with Crippen molar-refractivity contribution in [1.82, 2.24) is 15.1 Å². The van der Waals surface area contributed by atoms with Crippen LogP contribution in [-0.2, 0) is 6.54 Å². The zero-order chi connectivity index (χ0) is 12.6. The Bertz CT molecular complexity index is 448. The molecule has 0 spiro atoms. The molecule has 0 aliphatic heterocycles. The highest BCUT2D eigenvalue weighted by Gasteiger charge is 2.00. The highest BCUT2D eigenvalue weighted by molar-refractivity contribution is 5.61. The first-order valence-corrected chi connectivity index (χ1v) is 6.68. The Morgan fingerprint density at radius 3 is 2.72 bits per heavy atom. The molecule has 0 aliphatic rings. The molecule has 0 saturated carbocycles. The molecule has 0 amide bonds. The van der Waals surface area contributed by atoms with Gasteiger partial charge in [0.2, 0.25) is 0 Å². The number of hydrogen-bond acceptors (Lipinski definition) is 2. The van der Waals surface area contributed by atoms with Crippen molar-refractivity contribution in [3.05, 3.63) is 42.7 Å². The lowest BCUT2D eigenvalue weighted by Crippen LogP contribution is -2.17. The molecule has 96 valence electrons. The van der Waals surface area contributed by atoms with Crippen molar-refractivity contribution in [2.45, 2.75) is 26.3 Å². The maximum absolute atomic E-state index is 4.40. The lowest BCUT2D eigenvalue weighted by atomic mass is 10.1. The SMILES string of the molecule is CCCNCCCn1cc(-c2ccccc2)cn1. The van der Waals surface area contributed by atoms with Gasteiger partial charge >= 0.3 is 0 Å². The van der Waals surface area contributed by atoms with Crippen LogP contribution in [0.1, 0.15) is 19.8 Å². The van der Waals surface area contributed by atoms with Gasteiger partial charge in [0.1, 0.15) is 0 Å². The van der Waals surface area contributed by atoms with E-state index >= 15 is 0 Å². The molecule has 1 heterocycles. The van der Waals surface area contributed by atoms with Crippen LogP contribution in [0.3, 0.4) is 0 Å². The quantitative estimate of drug-likeness (QED) is 0.758. The van der Waals surface area contributed by atoms with E-state index in [1.54, 1.807) is 0 Å². The molecule has 2 aromatic rings. The van der Waals surface area contributed by atoms with Gasteiger partial charge in [-0.15, -0.1) is 0 Å². The third-order valence-electron chi connectivity index (χ3n) is 2.91. The van der Waals surface area contributed by atoms with Crippen LogP contribution in [0.25, 0.3) is 11.1 Å². The van der Waals surface area contributed by atoms with Crippen molar-refractivity contribution in [2.75, 3.05) is 13.1 Å². The highest BCUT2D eigenvalue weighted by Crippen LogP contribution is 2.17. The summed E-state index contributed by atoms with van der Waals surface area (Å²) >= 11 is 0. The van der Waals surface area contributed by atoms with Crippen LogP contribution >= 0.6 is 0 Å². The van der Waals surface area contributed by atoms with Gasteiger partial charge in [-0.1, -0.05) is 37.3 Å². The van der Waals surface area contributed by atoms with E-state index in [1.165, 1.54) is 17.5 Å². The third kappa shape index (κ3) is 3.70. The largest absolute Gasteiger partial charge is 0.317 e. The Morgan fingerprint density at radius 2 is 1.94 bits per heavy atom. The Balaban J connectivity index is 1.83. The van der Waals surface area contributed by atoms with Gasteiger partial charge < -0.3 is 5.32 Å². The van der Waals surface area contributed by atoms with E-state index in [9.17, 15) is 0 Å². The average molecular weight is 243 g/mol. The van der Waals surface area contributed by atoms with E-state index < -0.39 is 0 Å². The van der Waals surface area contributed by atoms with Gasteiger partial charge in [0.25, 0.3) is 0 Å². The van der Waals surface area contributed by atoms with E-state index in [2.05, 4.69) is 47.8 Å². The first kappa shape index (κ1) is 12.8. The molecule has 3 nitrogen and oxygen atoms in total. The fourth-order valence-electron chi connectivity index (χ4n) is 1.93. The second-order valence-corrected chi connectivity index (χ2v) is 4.46. The van der Waals surface area contributed by atoms with Gasteiger partial charge in [-0.05, 0) is 31.5 Å². The van der Waals surface area contributed by atoms with Crippen molar-refractivity contribution in [1.29, 1.82) is 0 Å². The van der Waals surface area contributed by atoms with Crippen LogP contribution in [0, 0.1) is 0 Å². The van der Waals surface area contributed by atoms with Crippen LogP contribution in [0.4, 0.5) is 0 Å². The molecular formula is C15H21N3. The summed E-state index contributed by atoms with van der Waals surface area (Å²) in [7, 11) is 0. The van der Waals surface area contributed by atoms with Gasteiger partial charge in [-0.2, -0.15) is 5.10 Å². The second kappa shape index (κ2) is 6.97. The molecule has 0 saturated heterocycles. The summed E-state index contributed by atoms with van der Waals surface area (Å²) in [6.07, 6.45) is 6.37. The van der Waals surface area contributed by atoms with Crippen LogP contribution < -0.4 is 5.32 Å². The summed E-state index contributed by atoms with van der Waals surface area (Å²) in [5, 5.41) is 7.80. The van der Waals surface area contributed by atoms with Gasteiger partial charge in [0.15, 0.2) is 0 Å². The van der Waals surface area contributed by atoms with Gasteiger partial charge in [0, 0.05) is 18.3 Å². The van der Waals surface area contributed by atoms with E-state index in [1.807, 2.05) is 16.9 Å². The maximum atomic E-state index is 4.40. The van der Waals surface area contributed by atoms with Gasteiger partial charge in [0.05, 0.1) is 6.20 Å². The van der Waals surface area contributed by atoms with Crippen molar-refractivity contribution in [3.8, 4) is 11.1 Å². The number of nitrogens with one attached hydrogen (secondary N) is 1. The molecule has 1 aromatic heterocycles. The second-order valence-electron chi connectivity index (χ2n) is 4.46. The van der Waals surface area contributed by atoms with Crippen molar-refractivity contribution >= 4 is 0 Å². The molecule has 0 aliphatic carbocycles. The van der Waals surface area contributed by atoms with Gasteiger partial charge in [-0.3, -0.25) is 4.68 Å². The number of nitrogens with zero attached hydrogens (tertiary/aromatic N) is 2. The van der Waals surface area contributed by atoms with Crippen LogP contribution in [0.5, 0.6) is 0 Å². The summed E-state index contributed by atoms with van der Waals surface area (Å²) in [4.78, 5) is 0. The molecule has 0 radical (unpaired) electrons. The summed E-state index contributed by atoms with van der Waals surface area (Å²) in [6.45, 7) is 5.33. The Labute approximate surface area is 109 Å². The molecule has 1 N–H and O–H groups in total. The number of benzene rings is 1. The maximum Gasteiger partial charge on any atom is 0.0568 e. The number of aromatic nitrogens is 2. The molecule has 3 heteroatoms. The van der Waals surface area contributed by atoms with Crippen LogP contribution in [0.2, 0.25) is 0 Å². The summed E-state index contributed by atoms with van der Waals surface area (Å²) < 4.78 is 2.02. The van der Waals surface area contributed by atoms with E-state index in [0.717, 1.165) is 26.1 Å². The first-order chi connectivity index (χ1) is 8.90. The Hall–Kier alpha value is -1.61. The zero-order valence-corrected chi connectivity index (χ0v) is 11.0. The van der Waals surface area contributed by atoms with Crippen molar-refractivity contribution < 1.29 is 0 Å². The summed E-state index contributed by atoms with van der Waals surface area (Å²) in [6, 6.07) is 10.4. The molecule has 0 atom stereocenters. The topological polar surface area (TPSA) is 29.9 Å². The van der Waals surface area contributed by atoms with E-state index in [4.69, 9.17) is 0 Å². The summed E-state index contributed by atoms with van der Waals surface area (Å²) in [5.41, 5.74) is 2.42. The molecule has 1 aromatic carbocycles. The number of rotatable bonds is 7. The highest BCUT2D eigenvalue weighted by atomic mass is 15.3. The van der Waals surface area contributed by atoms with Crippen molar-refractivity contribution in [3.63, 3.8) is 0 Å². The van der Waals surface area contributed by atoms with Gasteiger partial charge in [-0.25, -0.2) is 0 Å². The van der Waals surface area contributed by atoms with Crippen LogP contribution in [-0.4, -0.2) is 22.9 Å². The van der Waals surface area contributed by atoms with E-state index in [-0.39, 0.29) is 0 Å². The molecule has 2 rings (SSSR count). The standard InChI is InChI=1S/C15H21N3/c1-2-9-16-10-6-11-18-13-15(12-17-18)14-7-4-3-5-8-14/h3-5,7-8,12-13,16H,2,6,9-11H2,1H3. The molecule has 0 unspecified atom stereocenters. The fraction of sp³-hybridized carbons (Fsp3) is 0.400.